The van der Waals surface area contributed by atoms with Crippen molar-refractivity contribution >= 4 is 23.4 Å². The highest BCUT2D eigenvalue weighted by Crippen LogP contribution is 2.20. The minimum atomic E-state index is -1.06. The maximum Gasteiger partial charge on any atom is 0.337 e. The molecule has 2 aromatic rings. The standard InChI is InChI=1S/C12H11ClN4O2/c1-7-14-3-2-9(17-7)6-16-11-10(13)4-8(5-15-11)12(18)19/h2-5H,6H2,1H3,(H,15,16)(H,18,19). The van der Waals surface area contributed by atoms with Gasteiger partial charge in [0.25, 0.3) is 0 Å². The topological polar surface area (TPSA) is 88.0 Å². The normalized spacial score (nSPS) is 10.2. The lowest BCUT2D eigenvalue weighted by atomic mass is 10.3. The second-order valence-corrected chi connectivity index (χ2v) is 4.22. The van der Waals surface area contributed by atoms with Gasteiger partial charge in [-0.3, -0.25) is 0 Å². The smallest absolute Gasteiger partial charge is 0.337 e. The van der Waals surface area contributed by atoms with Crippen LogP contribution >= 0.6 is 11.6 Å². The van der Waals surface area contributed by atoms with Gasteiger partial charge in [0, 0.05) is 12.4 Å². The molecule has 0 radical (unpaired) electrons. The SMILES string of the molecule is Cc1nccc(CNc2ncc(C(=O)O)cc2Cl)n1. The molecule has 2 aromatic heterocycles. The molecule has 0 fully saturated rings. The van der Waals surface area contributed by atoms with Crippen molar-refractivity contribution in [2.75, 3.05) is 5.32 Å². The number of nitrogens with one attached hydrogen (secondary N) is 1. The van der Waals surface area contributed by atoms with Crippen LogP contribution in [-0.4, -0.2) is 26.0 Å². The summed E-state index contributed by atoms with van der Waals surface area (Å²) in [4.78, 5) is 22.9. The highest BCUT2D eigenvalue weighted by molar-refractivity contribution is 6.33. The summed E-state index contributed by atoms with van der Waals surface area (Å²) in [6.07, 6.45) is 2.92. The van der Waals surface area contributed by atoms with Crippen molar-refractivity contribution in [2.24, 2.45) is 0 Å². The second kappa shape index (κ2) is 5.62. The van der Waals surface area contributed by atoms with Gasteiger partial charge in [0.2, 0.25) is 0 Å². The molecule has 7 heteroatoms. The first-order valence-electron chi connectivity index (χ1n) is 5.47. The van der Waals surface area contributed by atoms with E-state index in [0.29, 0.717) is 18.2 Å². The van der Waals surface area contributed by atoms with Crippen LogP contribution in [0, 0.1) is 6.92 Å². The van der Waals surface area contributed by atoms with Crippen LogP contribution < -0.4 is 5.32 Å². The van der Waals surface area contributed by atoms with E-state index in [1.807, 2.05) is 0 Å². The lowest BCUT2D eigenvalue weighted by Gasteiger charge is -2.07. The molecule has 0 aromatic carbocycles. The molecule has 0 aliphatic heterocycles. The molecule has 2 N–H and O–H groups in total. The molecule has 0 aliphatic rings. The van der Waals surface area contributed by atoms with Crippen LogP contribution in [0.2, 0.25) is 5.02 Å². The van der Waals surface area contributed by atoms with Gasteiger partial charge in [0.15, 0.2) is 0 Å². The van der Waals surface area contributed by atoms with Gasteiger partial charge in [-0.05, 0) is 19.1 Å². The summed E-state index contributed by atoms with van der Waals surface area (Å²) in [7, 11) is 0. The third-order valence-corrected chi connectivity index (χ3v) is 2.65. The number of hydrogen-bond donors (Lipinski definition) is 2. The Hall–Kier alpha value is -2.21. The first kappa shape index (κ1) is 13.2. The summed E-state index contributed by atoms with van der Waals surface area (Å²) in [6, 6.07) is 3.13. The quantitative estimate of drug-likeness (QED) is 0.891. The number of carboxylic acid groups (broad SMARTS) is 1. The highest BCUT2D eigenvalue weighted by atomic mass is 35.5. The molecule has 0 amide bonds. The zero-order valence-corrected chi connectivity index (χ0v) is 10.8. The predicted octanol–water partition coefficient (Wildman–Crippen LogP) is 2.14. The molecule has 98 valence electrons. The second-order valence-electron chi connectivity index (χ2n) is 3.81. The lowest BCUT2D eigenvalue weighted by Crippen LogP contribution is -2.06. The first-order valence-corrected chi connectivity index (χ1v) is 5.85. The fourth-order valence-corrected chi connectivity index (χ4v) is 1.70. The molecule has 6 nitrogen and oxygen atoms in total. The van der Waals surface area contributed by atoms with Crippen LogP contribution in [0.1, 0.15) is 21.9 Å². The van der Waals surface area contributed by atoms with Gasteiger partial charge in [-0.15, -0.1) is 0 Å². The summed E-state index contributed by atoms with van der Waals surface area (Å²) in [5, 5.41) is 12.1. The van der Waals surface area contributed by atoms with Gasteiger partial charge >= 0.3 is 5.97 Å². The van der Waals surface area contributed by atoms with Crippen LogP contribution in [-0.2, 0) is 6.54 Å². The van der Waals surface area contributed by atoms with Crippen molar-refractivity contribution < 1.29 is 9.90 Å². The maximum absolute atomic E-state index is 10.7. The summed E-state index contributed by atoms with van der Waals surface area (Å²) in [5.41, 5.74) is 0.848. The van der Waals surface area contributed by atoms with Crippen LogP contribution in [0.5, 0.6) is 0 Å². The molecule has 0 saturated carbocycles. The summed E-state index contributed by atoms with van der Waals surface area (Å²) < 4.78 is 0. The number of anilines is 1. The zero-order chi connectivity index (χ0) is 13.8. The van der Waals surface area contributed by atoms with E-state index in [9.17, 15) is 4.79 Å². The Morgan fingerprint density at radius 3 is 2.89 bits per heavy atom. The average molecular weight is 279 g/mol. The molecular formula is C12H11ClN4O2. The number of carboxylic acids is 1. The van der Waals surface area contributed by atoms with Gasteiger partial charge in [-0.2, -0.15) is 0 Å². The van der Waals surface area contributed by atoms with Crippen LogP contribution in [0.15, 0.2) is 24.5 Å². The molecule has 0 unspecified atom stereocenters. The third-order valence-electron chi connectivity index (χ3n) is 2.36. The van der Waals surface area contributed by atoms with Crippen LogP contribution in [0.4, 0.5) is 5.82 Å². The van der Waals surface area contributed by atoms with Crippen LogP contribution in [0.25, 0.3) is 0 Å². The van der Waals surface area contributed by atoms with Crippen molar-refractivity contribution in [2.45, 2.75) is 13.5 Å². The van der Waals surface area contributed by atoms with Gasteiger partial charge in [0.1, 0.15) is 11.6 Å². The Morgan fingerprint density at radius 1 is 1.47 bits per heavy atom. The molecular weight excluding hydrogens is 268 g/mol. The van der Waals surface area contributed by atoms with E-state index in [1.165, 1.54) is 12.3 Å². The highest BCUT2D eigenvalue weighted by Gasteiger charge is 2.08. The molecule has 2 heterocycles. The van der Waals surface area contributed by atoms with E-state index in [4.69, 9.17) is 16.7 Å². The van der Waals surface area contributed by atoms with E-state index in [1.54, 1.807) is 19.2 Å². The molecule has 0 bridgehead atoms. The largest absolute Gasteiger partial charge is 0.478 e. The number of rotatable bonds is 4. The number of aromatic nitrogens is 3. The van der Waals surface area contributed by atoms with E-state index < -0.39 is 5.97 Å². The van der Waals surface area contributed by atoms with E-state index in [0.717, 1.165) is 5.69 Å². The van der Waals surface area contributed by atoms with E-state index in [-0.39, 0.29) is 10.6 Å². The Bertz CT molecular complexity index is 618. The number of aromatic carboxylic acids is 1. The van der Waals surface area contributed by atoms with Crippen molar-refractivity contribution in [1.29, 1.82) is 0 Å². The minimum absolute atomic E-state index is 0.0495. The maximum atomic E-state index is 10.7. The summed E-state index contributed by atoms with van der Waals surface area (Å²) >= 11 is 5.95. The lowest BCUT2D eigenvalue weighted by molar-refractivity contribution is 0.0696. The van der Waals surface area contributed by atoms with Crippen molar-refractivity contribution in [1.82, 2.24) is 15.0 Å². The van der Waals surface area contributed by atoms with Crippen molar-refractivity contribution in [3.8, 4) is 0 Å². The van der Waals surface area contributed by atoms with Gasteiger partial charge in [0.05, 0.1) is 22.8 Å². The Kier molecular flexibility index (Phi) is 3.91. The van der Waals surface area contributed by atoms with Gasteiger partial charge in [-0.1, -0.05) is 11.6 Å². The molecule has 0 spiro atoms. The minimum Gasteiger partial charge on any atom is -0.478 e. The third kappa shape index (κ3) is 3.38. The van der Waals surface area contributed by atoms with E-state index in [2.05, 4.69) is 20.3 Å². The number of aryl methyl sites for hydroxylation is 1. The number of carbonyl (C=O) groups is 1. The zero-order valence-electron chi connectivity index (χ0n) is 10.1. The fraction of sp³-hybridized carbons (Fsp3) is 0.167. The van der Waals surface area contributed by atoms with Gasteiger partial charge < -0.3 is 10.4 Å². The molecule has 2 rings (SSSR count). The van der Waals surface area contributed by atoms with E-state index >= 15 is 0 Å². The molecule has 0 saturated heterocycles. The monoisotopic (exact) mass is 278 g/mol. The Balaban J connectivity index is 2.10. The molecule has 0 aliphatic carbocycles. The average Bonchev–Trinajstić information content (AvgIpc) is 2.37. The molecule has 0 atom stereocenters. The number of hydrogen-bond acceptors (Lipinski definition) is 5. The number of nitrogens with zero attached hydrogens (tertiary/aromatic N) is 3. The Labute approximate surface area is 114 Å². The number of pyridine rings is 1. The number of halogens is 1. The first-order chi connectivity index (χ1) is 9.06. The molecule has 19 heavy (non-hydrogen) atoms. The predicted molar refractivity (Wildman–Crippen MR) is 70.3 cm³/mol. The van der Waals surface area contributed by atoms with Crippen LogP contribution in [0.3, 0.4) is 0 Å². The summed E-state index contributed by atoms with van der Waals surface area (Å²) in [6.45, 7) is 2.24. The van der Waals surface area contributed by atoms with Crippen molar-refractivity contribution in [3.05, 3.63) is 46.6 Å². The fourth-order valence-electron chi connectivity index (χ4n) is 1.46. The van der Waals surface area contributed by atoms with Crippen molar-refractivity contribution in [3.63, 3.8) is 0 Å². The summed E-state index contributed by atoms with van der Waals surface area (Å²) in [5.74, 6) is 0.0369. The van der Waals surface area contributed by atoms with Gasteiger partial charge in [-0.25, -0.2) is 19.7 Å². The Morgan fingerprint density at radius 2 is 2.26 bits per heavy atom.